The zero-order chi connectivity index (χ0) is 12.3. The SMILES string of the molecule is CC(=O)Nc1ccc(C(=O)c2ccn[nH]2)cc1. The quantitative estimate of drug-likeness (QED) is 0.785. The number of benzene rings is 1. The second-order valence-corrected chi connectivity index (χ2v) is 3.56. The lowest BCUT2D eigenvalue weighted by Crippen LogP contribution is -2.06. The van der Waals surface area contributed by atoms with Gasteiger partial charge in [-0.1, -0.05) is 0 Å². The zero-order valence-electron chi connectivity index (χ0n) is 9.23. The molecule has 0 bridgehead atoms. The molecule has 17 heavy (non-hydrogen) atoms. The van der Waals surface area contributed by atoms with Crippen LogP contribution in [0.1, 0.15) is 23.0 Å². The smallest absolute Gasteiger partial charge is 0.221 e. The standard InChI is InChI=1S/C12H11N3O2/c1-8(16)14-10-4-2-9(3-5-10)12(17)11-6-7-13-15-11/h2-7H,1H3,(H,13,15)(H,14,16). The van der Waals surface area contributed by atoms with E-state index in [1.807, 2.05) is 0 Å². The average Bonchev–Trinajstić information content (AvgIpc) is 2.82. The lowest BCUT2D eigenvalue weighted by atomic mass is 10.1. The average molecular weight is 229 g/mol. The van der Waals surface area contributed by atoms with Gasteiger partial charge in [0, 0.05) is 24.4 Å². The fourth-order valence-corrected chi connectivity index (χ4v) is 1.45. The summed E-state index contributed by atoms with van der Waals surface area (Å²) in [6, 6.07) is 8.31. The van der Waals surface area contributed by atoms with Crippen LogP contribution in [0.4, 0.5) is 5.69 Å². The Balaban J connectivity index is 2.18. The summed E-state index contributed by atoms with van der Waals surface area (Å²) in [4.78, 5) is 22.7. The van der Waals surface area contributed by atoms with Gasteiger partial charge in [0.25, 0.3) is 0 Å². The lowest BCUT2D eigenvalue weighted by molar-refractivity contribution is -0.114. The summed E-state index contributed by atoms with van der Waals surface area (Å²) >= 11 is 0. The van der Waals surface area contributed by atoms with Gasteiger partial charge < -0.3 is 5.32 Å². The van der Waals surface area contributed by atoms with Crippen molar-refractivity contribution in [3.8, 4) is 0 Å². The molecule has 1 aromatic carbocycles. The van der Waals surface area contributed by atoms with E-state index in [1.54, 1.807) is 30.3 Å². The molecule has 5 nitrogen and oxygen atoms in total. The van der Waals surface area contributed by atoms with Crippen molar-refractivity contribution in [3.05, 3.63) is 47.8 Å². The molecule has 0 spiro atoms. The van der Waals surface area contributed by atoms with Gasteiger partial charge >= 0.3 is 0 Å². The number of hydrogen-bond acceptors (Lipinski definition) is 3. The highest BCUT2D eigenvalue weighted by atomic mass is 16.1. The van der Waals surface area contributed by atoms with E-state index in [-0.39, 0.29) is 11.7 Å². The van der Waals surface area contributed by atoms with Crippen LogP contribution in [0.25, 0.3) is 0 Å². The van der Waals surface area contributed by atoms with Gasteiger partial charge in [0.1, 0.15) is 5.69 Å². The predicted molar refractivity (Wildman–Crippen MR) is 62.8 cm³/mol. The van der Waals surface area contributed by atoms with Gasteiger partial charge in [-0.2, -0.15) is 5.10 Å². The number of nitrogens with one attached hydrogen (secondary N) is 2. The van der Waals surface area contributed by atoms with E-state index in [2.05, 4.69) is 15.5 Å². The number of aromatic amines is 1. The first-order valence-electron chi connectivity index (χ1n) is 5.08. The molecule has 2 rings (SSSR count). The number of aromatic nitrogens is 2. The first kappa shape index (κ1) is 11.1. The van der Waals surface area contributed by atoms with Gasteiger partial charge in [-0.3, -0.25) is 14.7 Å². The van der Waals surface area contributed by atoms with Crippen molar-refractivity contribution in [1.29, 1.82) is 0 Å². The van der Waals surface area contributed by atoms with E-state index in [1.165, 1.54) is 13.1 Å². The number of ketones is 1. The number of nitrogens with zero attached hydrogens (tertiary/aromatic N) is 1. The first-order chi connectivity index (χ1) is 8.16. The normalized spacial score (nSPS) is 9.94. The van der Waals surface area contributed by atoms with E-state index in [9.17, 15) is 9.59 Å². The molecule has 1 heterocycles. The fraction of sp³-hybridized carbons (Fsp3) is 0.0833. The Morgan fingerprint density at radius 1 is 1.18 bits per heavy atom. The molecule has 2 N–H and O–H groups in total. The largest absolute Gasteiger partial charge is 0.326 e. The van der Waals surface area contributed by atoms with E-state index in [4.69, 9.17) is 0 Å². The molecule has 5 heteroatoms. The molecule has 0 aliphatic heterocycles. The maximum atomic E-state index is 11.9. The maximum Gasteiger partial charge on any atom is 0.221 e. The van der Waals surface area contributed by atoms with Gasteiger partial charge in [-0.25, -0.2) is 0 Å². The summed E-state index contributed by atoms with van der Waals surface area (Å²) in [6.45, 7) is 1.43. The van der Waals surface area contributed by atoms with Crippen LogP contribution >= 0.6 is 0 Å². The number of carbonyl (C=O) groups excluding carboxylic acids is 2. The summed E-state index contributed by atoms with van der Waals surface area (Å²) < 4.78 is 0. The first-order valence-corrected chi connectivity index (χ1v) is 5.08. The number of anilines is 1. The van der Waals surface area contributed by atoms with Crippen molar-refractivity contribution in [3.63, 3.8) is 0 Å². The fourth-order valence-electron chi connectivity index (χ4n) is 1.45. The molecular weight excluding hydrogens is 218 g/mol. The van der Waals surface area contributed by atoms with Crippen LogP contribution in [0, 0.1) is 0 Å². The van der Waals surface area contributed by atoms with Crippen molar-refractivity contribution in [2.45, 2.75) is 6.92 Å². The summed E-state index contributed by atoms with van der Waals surface area (Å²) in [7, 11) is 0. The van der Waals surface area contributed by atoms with Crippen molar-refractivity contribution >= 4 is 17.4 Å². The molecule has 1 amide bonds. The number of hydrogen-bond donors (Lipinski definition) is 2. The minimum Gasteiger partial charge on any atom is -0.326 e. The van der Waals surface area contributed by atoms with Crippen LogP contribution in [0.2, 0.25) is 0 Å². The molecule has 0 atom stereocenters. The number of rotatable bonds is 3. The molecule has 0 unspecified atom stereocenters. The lowest BCUT2D eigenvalue weighted by Gasteiger charge is -2.03. The van der Waals surface area contributed by atoms with Gasteiger partial charge in [0.05, 0.1) is 0 Å². The molecule has 2 aromatic rings. The Bertz CT molecular complexity index is 529. The number of amides is 1. The third-order valence-electron chi connectivity index (χ3n) is 2.21. The number of carbonyl (C=O) groups is 2. The highest BCUT2D eigenvalue weighted by Gasteiger charge is 2.09. The molecule has 0 saturated heterocycles. The summed E-state index contributed by atoms with van der Waals surface area (Å²) in [5.41, 5.74) is 1.65. The molecule has 0 fully saturated rings. The van der Waals surface area contributed by atoms with Gasteiger partial charge in [0.2, 0.25) is 11.7 Å². The van der Waals surface area contributed by atoms with Crippen LogP contribution in [-0.2, 0) is 4.79 Å². The topological polar surface area (TPSA) is 74.8 Å². The monoisotopic (exact) mass is 229 g/mol. The van der Waals surface area contributed by atoms with E-state index < -0.39 is 0 Å². The minimum absolute atomic E-state index is 0.128. The Labute approximate surface area is 97.9 Å². The molecule has 0 radical (unpaired) electrons. The van der Waals surface area contributed by atoms with E-state index in [0.717, 1.165) is 0 Å². The second kappa shape index (κ2) is 4.61. The Hall–Kier alpha value is -2.43. The van der Waals surface area contributed by atoms with Crippen molar-refractivity contribution in [1.82, 2.24) is 10.2 Å². The number of H-pyrrole nitrogens is 1. The van der Waals surface area contributed by atoms with Gasteiger partial charge in [0.15, 0.2) is 0 Å². The van der Waals surface area contributed by atoms with Crippen molar-refractivity contribution in [2.75, 3.05) is 5.32 Å². The van der Waals surface area contributed by atoms with E-state index >= 15 is 0 Å². The Kier molecular flexibility index (Phi) is 3.00. The highest BCUT2D eigenvalue weighted by Crippen LogP contribution is 2.12. The van der Waals surface area contributed by atoms with Gasteiger partial charge in [-0.05, 0) is 30.3 Å². The summed E-state index contributed by atoms with van der Waals surface area (Å²) in [6.07, 6.45) is 1.53. The highest BCUT2D eigenvalue weighted by molar-refractivity contribution is 6.07. The second-order valence-electron chi connectivity index (χ2n) is 3.56. The molecule has 0 saturated carbocycles. The van der Waals surface area contributed by atoms with Crippen LogP contribution < -0.4 is 5.32 Å². The summed E-state index contributed by atoms with van der Waals surface area (Å²) in [5.74, 6) is -0.269. The Morgan fingerprint density at radius 3 is 2.41 bits per heavy atom. The molecular formula is C12H11N3O2. The van der Waals surface area contributed by atoms with Crippen LogP contribution in [0.3, 0.4) is 0 Å². The minimum atomic E-state index is -0.141. The molecule has 86 valence electrons. The summed E-state index contributed by atoms with van der Waals surface area (Å²) in [5, 5.41) is 8.97. The third kappa shape index (κ3) is 2.57. The molecule has 0 aliphatic rings. The predicted octanol–water partition coefficient (Wildman–Crippen LogP) is 1.60. The van der Waals surface area contributed by atoms with Crippen molar-refractivity contribution < 1.29 is 9.59 Å². The van der Waals surface area contributed by atoms with Gasteiger partial charge in [-0.15, -0.1) is 0 Å². The molecule has 1 aromatic heterocycles. The van der Waals surface area contributed by atoms with Crippen molar-refractivity contribution in [2.24, 2.45) is 0 Å². The van der Waals surface area contributed by atoms with Crippen LogP contribution in [0.15, 0.2) is 36.5 Å². The zero-order valence-corrected chi connectivity index (χ0v) is 9.23. The van der Waals surface area contributed by atoms with Crippen LogP contribution in [-0.4, -0.2) is 21.9 Å². The Morgan fingerprint density at radius 2 is 1.88 bits per heavy atom. The molecule has 0 aliphatic carbocycles. The third-order valence-corrected chi connectivity index (χ3v) is 2.21. The van der Waals surface area contributed by atoms with E-state index in [0.29, 0.717) is 16.9 Å². The van der Waals surface area contributed by atoms with Crippen LogP contribution in [0.5, 0.6) is 0 Å². The maximum absolute atomic E-state index is 11.9.